The summed E-state index contributed by atoms with van der Waals surface area (Å²) in [6, 6.07) is 0.500. The Kier molecular flexibility index (Phi) is 2.37. The summed E-state index contributed by atoms with van der Waals surface area (Å²) in [5, 5.41) is 13.0. The lowest BCUT2D eigenvalue weighted by Gasteiger charge is -2.51. The van der Waals surface area contributed by atoms with Crippen LogP contribution in [-0.4, -0.2) is 46.8 Å². The van der Waals surface area contributed by atoms with Gasteiger partial charge in [-0.25, -0.2) is 0 Å². The minimum Gasteiger partial charge on any atom is -0.394 e. The van der Waals surface area contributed by atoms with Gasteiger partial charge >= 0.3 is 0 Å². The van der Waals surface area contributed by atoms with Crippen LogP contribution in [0.25, 0.3) is 0 Å². The van der Waals surface area contributed by atoms with E-state index in [2.05, 4.69) is 31.0 Å². The van der Waals surface area contributed by atoms with Gasteiger partial charge in [0.15, 0.2) is 0 Å². The second-order valence-electron chi connectivity index (χ2n) is 5.36. The molecule has 2 fully saturated rings. The molecule has 14 heavy (non-hydrogen) atoms. The Morgan fingerprint density at radius 1 is 1.43 bits per heavy atom. The van der Waals surface area contributed by atoms with Crippen molar-refractivity contribution in [3.05, 3.63) is 0 Å². The molecule has 0 spiro atoms. The maximum absolute atomic E-state index is 9.47. The van der Waals surface area contributed by atoms with Crippen molar-refractivity contribution < 1.29 is 5.11 Å². The molecule has 1 atom stereocenters. The maximum atomic E-state index is 9.47. The first kappa shape index (κ1) is 10.4. The van der Waals surface area contributed by atoms with Crippen molar-refractivity contribution in [1.29, 1.82) is 0 Å². The highest BCUT2D eigenvalue weighted by atomic mass is 16.3. The van der Waals surface area contributed by atoms with E-state index in [0.29, 0.717) is 12.6 Å². The Bertz CT molecular complexity index is 223. The van der Waals surface area contributed by atoms with Gasteiger partial charge in [0.2, 0.25) is 0 Å². The van der Waals surface area contributed by atoms with Crippen LogP contribution in [0.1, 0.15) is 33.6 Å². The van der Waals surface area contributed by atoms with E-state index in [9.17, 15) is 5.11 Å². The number of rotatable bonds is 2. The summed E-state index contributed by atoms with van der Waals surface area (Å²) < 4.78 is 0. The molecular formula is C11H22N2O. The van der Waals surface area contributed by atoms with Gasteiger partial charge in [-0.1, -0.05) is 0 Å². The summed E-state index contributed by atoms with van der Waals surface area (Å²) in [6.45, 7) is 9.23. The van der Waals surface area contributed by atoms with Gasteiger partial charge in [0.05, 0.1) is 6.61 Å². The molecule has 1 aliphatic carbocycles. The standard InChI is InChI=1S/C11H22N2O/c1-9-10(2,3)13(7-6-12-9)11(8-14)4-5-11/h9,12,14H,4-8H2,1-3H3. The Labute approximate surface area is 86.5 Å². The third-order valence-electron chi connectivity index (χ3n) is 4.24. The van der Waals surface area contributed by atoms with E-state index in [0.717, 1.165) is 13.1 Å². The smallest absolute Gasteiger partial charge is 0.0615 e. The molecule has 1 aliphatic heterocycles. The number of piperazine rings is 1. The van der Waals surface area contributed by atoms with E-state index in [1.54, 1.807) is 0 Å². The fourth-order valence-electron chi connectivity index (χ4n) is 2.67. The van der Waals surface area contributed by atoms with Gasteiger partial charge in [-0.05, 0) is 33.6 Å². The van der Waals surface area contributed by atoms with Crippen LogP contribution < -0.4 is 5.32 Å². The molecule has 1 saturated carbocycles. The Hall–Kier alpha value is -0.120. The molecule has 1 saturated heterocycles. The zero-order valence-electron chi connectivity index (χ0n) is 9.51. The number of hydrogen-bond acceptors (Lipinski definition) is 3. The molecule has 3 nitrogen and oxygen atoms in total. The zero-order chi connectivity index (χ0) is 10.4. The lowest BCUT2D eigenvalue weighted by molar-refractivity contribution is -0.0182. The number of aliphatic hydroxyl groups excluding tert-OH is 1. The molecule has 82 valence electrons. The zero-order valence-corrected chi connectivity index (χ0v) is 9.51. The molecular weight excluding hydrogens is 176 g/mol. The van der Waals surface area contributed by atoms with E-state index >= 15 is 0 Å². The summed E-state index contributed by atoms with van der Waals surface area (Å²) in [5.41, 5.74) is 0.289. The molecule has 1 unspecified atom stereocenters. The topological polar surface area (TPSA) is 35.5 Å². The quantitative estimate of drug-likeness (QED) is 0.681. The van der Waals surface area contributed by atoms with Gasteiger partial charge in [0.25, 0.3) is 0 Å². The van der Waals surface area contributed by atoms with Crippen LogP contribution in [0.15, 0.2) is 0 Å². The molecule has 1 heterocycles. The normalized spacial score (nSPS) is 35.6. The minimum absolute atomic E-state index is 0.125. The number of hydrogen-bond donors (Lipinski definition) is 2. The highest BCUT2D eigenvalue weighted by molar-refractivity contribution is 5.11. The first-order valence-electron chi connectivity index (χ1n) is 5.65. The fraction of sp³-hybridized carbons (Fsp3) is 1.00. The Morgan fingerprint density at radius 3 is 2.57 bits per heavy atom. The van der Waals surface area contributed by atoms with Crippen molar-refractivity contribution >= 4 is 0 Å². The Balaban J connectivity index is 2.17. The van der Waals surface area contributed by atoms with E-state index < -0.39 is 0 Å². The van der Waals surface area contributed by atoms with Gasteiger partial charge in [-0.15, -0.1) is 0 Å². The van der Waals surface area contributed by atoms with Crippen LogP contribution in [-0.2, 0) is 0 Å². The third kappa shape index (κ3) is 1.38. The summed E-state index contributed by atoms with van der Waals surface area (Å²) in [5.74, 6) is 0. The van der Waals surface area contributed by atoms with Crippen molar-refractivity contribution in [3.8, 4) is 0 Å². The SMILES string of the molecule is CC1NCCN(C2(CO)CC2)C1(C)C. The monoisotopic (exact) mass is 198 g/mol. The average molecular weight is 198 g/mol. The van der Waals surface area contributed by atoms with Gasteiger partial charge in [-0.2, -0.15) is 0 Å². The number of nitrogens with zero attached hydrogens (tertiary/aromatic N) is 1. The highest BCUT2D eigenvalue weighted by Crippen LogP contribution is 2.46. The first-order chi connectivity index (χ1) is 6.53. The van der Waals surface area contributed by atoms with E-state index in [1.165, 1.54) is 12.8 Å². The predicted molar refractivity (Wildman–Crippen MR) is 57.3 cm³/mol. The van der Waals surface area contributed by atoms with E-state index in [1.807, 2.05) is 0 Å². The number of nitrogens with one attached hydrogen (secondary N) is 1. The van der Waals surface area contributed by atoms with Crippen molar-refractivity contribution in [1.82, 2.24) is 10.2 Å². The molecule has 0 amide bonds. The van der Waals surface area contributed by atoms with Crippen molar-refractivity contribution in [3.63, 3.8) is 0 Å². The lowest BCUT2D eigenvalue weighted by atomic mass is 9.89. The molecule has 0 bridgehead atoms. The molecule has 0 radical (unpaired) electrons. The van der Waals surface area contributed by atoms with Crippen LogP contribution >= 0.6 is 0 Å². The minimum atomic E-state index is 0.125. The summed E-state index contributed by atoms with van der Waals surface area (Å²) >= 11 is 0. The molecule has 0 aromatic carbocycles. The van der Waals surface area contributed by atoms with Gasteiger partial charge in [0, 0.05) is 30.2 Å². The predicted octanol–water partition coefficient (Wildman–Crippen LogP) is 0.584. The second kappa shape index (κ2) is 3.19. The lowest BCUT2D eigenvalue weighted by Crippen LogP contribution is -2.67. The largest absolute Gasteiger partial charge is 0.394 e. The van der Waals surface area contributed by atoms with Crippen molar-refractivity contribution in [2.24, 2.45) is 0 Å². The van der Waals surface area contributed by atoms with Crippen LogP contribution in [0.5, 0.6) is 0 Å². The second-order valence-corrected chi connectivity index (χ2v) is 5.36. The molecule has 3 heteroatoms. The van der Waals surface area contributed by atoms with Crippen LogP contribution in [0.4, 0.5) is 0 Å². The number of aliphatic hydroxyl groups is 1. The first-order valence-corrected chi connectivity index (χ1v) is 5.65. The van der Waals surface area contributed by atoms with Crippen LogP contribution in [0, 0.1) is 0 Å². The summed E-state index contributed by atoms with van der Waals surface area (Å²) in [6.07, 6.45) is 2.33. The average Bonchev–Trinajstić information content (AvgIpc) is 2.90. The fourth-order valence-corrected chi connectivity index (χ4v) is 2.67. The molecule has 2 N–H and O–H groups in total. The molecule has 2 aliphatic rings. The highest BCUT2D eigenvalue weighted by Gasteiger charge is 2.54. The van der Waals surface area contributed by atoms with Crippen molar-refractivity contribution in [2.45, 2.75) is 50.7 Å². The molecule has 0 aromatic heterocycles. The third-order valence-corrected chi connectivity index (χ3v) is 4.24. The Morgan fingerprint density at radius 2 is 2.07 bits per heavy atom. The molecule has 2 rings (SSSR count). The van der Waals surface area contributed by atoms with Crippen LogP contribution in [0.3, 0.4) is 0 Å². The van der Waals surface area contributed by atoms with Gasteiger partial charge in [0.1, 0.15) is 0 Å². The summed E-state index contributed by atoms with van der Waals surface area (Å²) in [4.78, 5) is 2.52. The maximum Gasteiger partial charge on any atom is 0.0615 e. The molecule has 0 aromatic rings. The van der Waals surface area contributed by atoms with Gasteiger partial charge < -0.3 is 10.4 Å². The van der Waals surface area contributed by atoms with E-state index in [4.69, 9.17) is 0 Å². The van der Waals surface area contributed by atoms with E-state index in [-0.39, 0.29) is 11.1 Å². The van der Waals surface area contributed by atoms with Crippen molar-refractivity contribution in [2.75, 3.05) is 19.7 Å². The van der Waals surface area contributed by atoms with Gasteiger partial charge in [-0.3, -0.25) is 4.90 Å². The van der Waals surface area contributed by atoms with Crippen LogP contribution in [0.2, 0.25) is 0 Å². The summed E-state index contributed by atoms with van der Waals surface area (Å²) in [7, 11) is 0.